The Balaban J connectivity index is 1.87. The molecule has 0 radical (unpaired) electrons. The molecule has 4 rings (SSSR count). The van der Waals surface area contributed by atoms with Gasteiger partial charge in [-0.05, 0) is 48.4 Å². The number of amides is 2. The highest BCUT2D eigenvalue weighted by Gasteiger charge is 2.36. The summed E-state index contributed by atoms with van der Waals surface area (Å²) in [7, 11) is 1.25. The molecule has 0 unspecified atom stereocenters. The number of aryl methyl sites for hydroxylation is 1. The lowest BCUT2D eigenvalue weighted by atomic mass is 10.0. The van der Waals surface area contributed by atoms with Gasteiger partial charge in [0.05, 0.1) is 31.9 Å². The number of nitrogens with zero attached hydrogens (tertiary/aromatic N) is 2. The van der Waals surface area contributed by atoms with Gasteiger partial charge in [-0.15, -0.1) is 0 Å². The first-order chi connectivity index (χ1) is 22.5. The van der Waals surface area contributed by atoms with Gasteiger partial charge in [-0.2, -0.15) is 0 Å². The minimum Gasteiger partial charge on any atom is -0.495 e. The molecule has 0 aromatic heterocycles. The van der Waals surface area contributed by atoms with Crippen molar-refractivity contribution in [2.75, 3.05) is 39.2 Å². The summed E-state index contributed by atoms with van der Waals surface area (Å²) in [6.07, 6.45) is 0.195. The fraction of sp³-hybridized carbons (Fsp3) is 0.257. The largest absolute Gasteiger partial charge is 0.495 e. The molecule has 0 aliphatic rings. The smallest absolute Gasteiger partial charge is 0.265 e. The number of methoxy groups -OCH3 is 3. The fourth-order valence-corrected chi connectivity index (χ4v) is 6.80. The molecule has 0 heterocycles. The van der Waals surface area contributed by atoms with Crippen molar-refractivity contribution in [3.63, 3.8) is 0 Å². The molecule has 1 N–H and O–H groups in total. The standard InChI is InChI=1S/C35H38ClN3O7S/c1-24-10-9-13-26(18-24)22-38(30(35(41)37-2)19-25-11-7-6-8-12-25)34(40)23-39(29-20-27(36)14-16-31(29)44-3)47(42,43)28-15-17-32(45-4)33(21-28)46-5/h6-18,20-21,30H,19,22-23H2,1-5H3,(H,37,41)/t30-/m1/s1. The third kappa shape index (κ3) is 8.35. The van der Waals surface area contributed by atoms with E-state index in [1.165, 1.54) is 63.6 Å². The number of nitrogens with one attached hydrogen (secondary N) is 1. The quantitative estimate of drug-likeness (QED) is 0.194. The predicted octanol–water partition coefficient (Wildman–Crippen LogP) is 5.26. The lowest BCUT2D eigenvalue weighted by molar-refractivity contribution is -0.139. The lowest BCUT2D eigenvalue weighted by Crippen LogP contribution is -2.53. The molecule has 47 heavy (non-hydrogen) atoms. The first-order valence-electron chi connectivity index (χ1n) is 14.7. The van der Waals surface area contributed by atoms with Gasteiger partial charge in [0.2, 0.25) is 11.8 Å². The van der Waals surface area contributed by atoms with Crippen molar-refractivity contribution in [2.45, 2.75) is 30.8 Å². The van der Waals surface area contributed by atoms with Crippen LogP contribution in [-0.4, -0.2) is 66.1 Å². The van der Waals surface area contributed by atoms with E-state index in [1.54, 1.807) is 6.07 Å². The molecule has 0 bridgehead atoms. The number of anilines is 1. The normalized spacial score (nSPS) is 11.7. The van der Waals surface area contributed by atoms with E-state index in [2.05, 4.69) is 5.32 Å². The summed E-state index contributed by atoms with van der Waals surface area (Å²) in [5, 5.41) is 2.91. The van der Waals surface area contributed by atoms with Crippen LogP contribution in [0.3, 0.4) is 0 Å². The van der Waals surface area contributed by atoms with E-state index in [0.717, 1.165) is 21.0 Å². The van der Waals surface area contributed by atoms with Gasteiger partial charge in [0.25, 0.3) is 10.0 Å². The molecule has 2 amide bonds. The Hall–Kier alpha value is -4.74. The van der Waals surface area contributed by atoms with E-state index in [4.69, 9.17) is 25.8 Å². The Morgan fingerprint density at radius 1 is 0.809 bits per heavy atom. The molecule has 0 saturated heterocycles. The van der Waals surface area contributed by atoms with Crippen molar-refractivity contribution in [1.82, 2.24) is 10.2 Å². The van der Waals surface area contributed by atoms with Crippen LogP contribution in [0.25, 0.3) is 0 Å². The second kappa shape index (κ2) is 15.7. The Labute approximate surface area is 280 Å². The van der Waals surface area contributed by atoms with E-state index < -0.39 is 34.4 Å². The van der Waals surface area contributed by atoms with Gasteiger partial charge in [-0.25, -0.2) is 8.42 Å². The lowest BCUT2D eigenvalue weighted by Gasteiger charge is -2.34. The van der Waals surface area contributed by atoms with Crippen LogP contribution in [0.1, 0.15) is 16.7 Å². The van der Waals surface area contributed by atoms with Gasteiger partial charge in [0, 0.05) is 31.1 Å². The molecular weight excluding hydrogens is 642 g/mol. The number of rotatable bonds is 14. The molecule has 0 aliphatic heterocycles. The molecule has 12 heteroatoms. The Morgan fingerprint density at radius 2 is 1.47 bits per heavy atom. The highest BCUT2D eigenvalue weighted by Crippen LogP contribution is 2.37. The van der Waals surface area contributed by atoms with Gasteiger partial charge in [-0.3, -0.25) is 13.9 Å². The van der Waals surface area contributed by atoms with Gasteiger partial charge in [0.15, 0.2) is 11.5 Å². The zero-order chi connectivity index (χ0) is 34.1. The Kier molecular flexibility index (Phi) is 11.7. The second-order valence-electron chi connectivity index (χ2n) is 10.7. The maximum Gasteiger partial charge on any atom is 0.265 e. The third-order valence-corrected chi connectivity index (χ3v) is 9.58. The second-order valence-corrected chi connectivity index (χ2v) is 13.0. The highest BCUT2D eigenvalue weighted by molar-refractivity contribution is 7.92. The number of ether oxygens (including phenoxy) is 3. The molecule has 0 fully saturated rings. The molecule has 0 spiro atoms. The highest BCUT2D eigenvalue weighted by atomic mass is 35.5. The van der Waals surface area contributed by atoms with Crippen LogP contribution in [0, 0.1) is 6.92 Å². The van der Waals surface area contributed by atoms with Crippen LogP contribution in [-0.2, 0) is 32.6 Å². The number of sulfonamides is 1. The summed E-state index contributed by atoms with van der Waals surface area (Å²) in [4.78, 5) is 29.3. The summed E-state index contributed by atoms with van der Waals surface area (Å²) < 4.78 is 46.1. The van der Waals surface area contributed by atoms with Crippen molar-refractivity contribution in [3.8, 4) is 17.2 Å². The predicted molar refractivity (Wildman–Crippen MR) is 182 cm³/mol. The average molecular weight is 680 g/mol. The number of carbonyl (C=O) groups is 2. The van der Waals surface area contributed by atoms with Crippen molar-refractivity contribution in [1.29, 1.82) is 0 Å². The van der Waals surface area contributed by atoms with Crippen molar-refractivity contribution >= 4 is 39.1 Å². The monoisotopic (exact) mass is 679 g/mol. The number of hydrogen-bond acceptors (Lipinski definition) is 7. The third-order valence-electron chi connectivity index (χ3n) is 7.58. The Bertz CT molecular complexity index is 1820. The Morgan fingerprint density at radius 3 is 2.11 bits per heavy atom. The van der Waals surface area contributed by atoms with Crippen LogP contribution in [0.5, 0.6) is 17.2 Å². The van der Waals surface area contributed by atoms with E-state index >= 15 is 0 Å². The number of benzene rings is 4. The zero-order valence-corrected chi connectivity index (χ0v) is 28.5. The topological polar surface area (TPSA) is 114 Å². The summed E-state index contributed by atoms with van der Waals surface area (Å²) >= 11 is 6.36. The molecule has 0 aliphatic carbocycles. The van der Waals surface area contributed by atoms with Gasteiger partial charge >= 0.3 is 0 Å². The van der Waals surface area contributed by atoms with Gasteiger partial charge < -0.3 is 24.4 Å². The summed E-state index contributed by atoms with van der Waals surface area (Å²) in [6.45, 7) is 1.29. The molecule has 248 valence electrons. The van der Waals surface area contributed by atoms with E-state index in [9.17, 15) is 18.0 Å². The fourth-order valence-electron chi connectivity index (χ4n) is 5.20. The maximum absolute atomic E-state index is 14.6. The number of carbonyl (C=O) groups excluding carboxylic acids is 2. The van der Waals surface area contributed by atoms with Gasteiger partial charge in [-0.1, -0.05) is 71.8 Å². The minimum atomic E-state index is -4.47. The van der Waals surface area contributed by atoms with Gasteiger partial charge in [0.1, 0.15) is 18.3 Å². The van der Waals surface area contributed by atoms with Crippen molar-refractivity contribution in [3.05, 3.63) is 113 Å². The number of likely N-dealkylation sites (N-methyl/N-ethyl adjacent to an activating group) is 1. The molecule has 4 aromatic rings. The average Bonchev–Trinajstić information content (AvgIpc) is 3.08. The molecule has 10 nitrogen and oxygen atoms in total. The summed E-state index contributed by atoms with van der Waals surface area (Å²) in [5.74, 6) is -0.343. The van der Waals surface area contributed by atoms with Crippen LogP contribution in [0.15, 0.2) is 95.9 Å². The van der Waals surface area contributed by atoms with Crippen molar-refractivity contribution < 1.29 is 32.2 Å². The molecule has 1 atom stereocenters. The van der Waals surface area contributed by atoms with Crippen LogP contribution < -0.4 is 23.8 Å². The van der Waals surface area contributed by atoms with Crippen LogP contribution >= 0.6 is 11.6 Å². The summed E-state index contributed by atoms with van der Waals surface area (Å²) in [5.41, 5.74) is 2.61. The van der Waals surface area contributed by atoms with E-state index in [0.29, 0.717) is 5.75 Å². The van der Waals surface area contributed by atoms with E-state index in [-0.39, 0.29) is 40.1 Å². The maximum atomic E-state index is 14.6. The van der Waals surface area contributed by atoms with E-state index in [1.807, 2.05) is 61.5 Å². The zero-order valence-electron chi connectivity index (χ0n) is 26.9. The molecule has 0 saturated carbocycles. The number of hydrogen-bond donors (Lipinski definition) is 1. The first-order valence-corrected chi connectivity index (χ1v) is 16.5. The number of halogens is 1. The SMILES string of the molecule is CNC(=O)[C@@H](Cc1ccccc1)N(Cc1cccc(C)c1)C(=O)CN(c1cc(Cl)ccc1OC)S(=O)(=O)c1ccc(OC)c(OC)c1. The summed E-state index contributed by atoms with van der Waals surface area (Å²) in [6, 6.07) is 24.5. The molecular formula is C35H38ClN3O7S. The van der Waals surface area contributed by atoms with Crippen LogP contribution in [0.2, 0.25) is 5.02 Å². The van der Waals surface area contributed by atoms with Crippen molar-refractivity contribution in [2.24, 2.45) is 0 Å². The first kappa shape index (κ1) is 35.1. The van der Waals surface area contributed by atoms with Crippen LogP contribution in [0.4, 0.5) is 5.69 Å². The minimum absolute atomic E-state index is 0.0400. The molecule has 4 aromatic carbocycles.